The fraction of sp³-hybridized carbons (Fsp3) is 0.0769. The Kier molecular flexibility index (Phi) is 4.42. The molecule has 0 atom stereocenters. The number of para-hydroxylation sites is 2. The topological polar surface area (TPSA) is 26.3 Å². The number of benzene rings is 6. The van der Waals surface area contributed by atoms with E-state index in [1.165, 1.54) is 44.5 Å². The van der Waals surface area contributed by atoms with Gasteiger partial charge in [0.1, 0.15) is 22.3 Å². The third-order valence-corrected chi connectivity index (χ3v) is 9.10. The molecule has 2 heteroatoms. The monoisotopic (exact) mass is 526 g/mol. The van der Waals surface area contributed by atoms with Crippen molar-refractivity contribution in [3.63, 3.8) is 0 Å². The lowest BCUT2D eigenvalue weighted by molar-refractivity contribution is 0.660. The van der Waals surface area contributed by atoms with Crippen LogP contribution in [0.25, 0.3) is 77.3 Å². The normalized spacial score (nSPS) is 13.8. The molecule has 0 N–H and O–H groups in total. The Hall–Kier alpha value is -5.08. The summed E-state index contributed by atoms with van der Waals surface area (Å²) in [7, 11) is 0. The molecule has 194 valence electrons. The average Bonchev–Trinajstić information content (AvgIpc) is 3.64. The zero-order valence-corrected chi connectivity index (χ0v) is 22.9. The van der Waals surface area contributed by atoms with Crippen molar-refractivity contribution in [3.8, 4) is 33.4 Å². The van der Waals surface area contributed by atoms with Gasteiger partial charge in [-0.2, -0.15) is 0 Å². The van der Waals surface area contributed by atoms with Gasteiger partial charge in [0.2, 0.25) is 0 Å². The highest BCUT2D eigenvalue weighted by Gasteiger charge is 2.35. The highest BCUT2D eigenvalue weighted by Crippen LogP contribution is 2.51. The molecule has 9 rings (SSSR count). The van der Waals surface area contributed by atoms with Crippen LogP contribution in [0.1, 0.15) is 25.0 Å². The average molecular weight is 527 g/mol. The van der Waals surface area contributed by atoms with Crippen LogP contribution in [0.3, 0.4) is 0 Å². The van der Waals surface area contributed by atoms with Crippen molar-refractivity contribution in [2.45, 2.75) is 19.3 Å². The Labute approximate surface area is 237 Å². The molecule has 8 aromatic rings. The van der Waals surface area contributed by atoms with Crippen molar-refractivity contribution in [2.75, 3.05) is 0 Å². The third kappa shape index (κ3) is 3.19. The molecule has 0 aliphatic heterocycles. The molecule has 1 aliphatic carbocycles. The highest BCUT2D eigenvalue weighted by molar-refractivity contribution is 6.07. The summed E-state index contributed by atoms with van der Waals surface area (Å²) in [5, 5.41) is 4.64. The van der Waals surface area contributed by atoms with Gasteiger partial charge in [0.15, 0.2) is 0 Å². The van der Waals surface area contributed by atoms with E-state index in [1.807, 2.05) is 24.3 Å². The van der Waals surface area contributed by atoms with Gasteiger partial charge < -0.3 is 8.83 Å². The maximum absolute atomic E-state index is 6.08. The molecule has 0 spiro atoms. The van der Waals surface area contributed by atoms with Crippen molar-refractivity contribution in [1.82, 2.24) is 0 Å². The Bertz CT molecular complexity index is 2340. The van der Waals surface area contributed by atoms with Gasteiger partial charge in [-0.1, -0.05) is 86.6 Å². The van der Waals surface area contributed by atoms with Gasteiger partial charge in [-0.15, -0.1) is 0 Å². The summed E-state index contributed by atoms with van der Waals surface area (Å²) >= 11 is 0. The van der Waals surface area contributed by atoms with Crippen LogP contribution >= 0.6 is 0 Å². The maximum Gasteiger partial charge on any atom is 0.135 e. The standard InChI is InChI=1S/C39H26O2/c1-39(2)33-16-12-23(24-13-17-37-31(20-24)28-7-3-5-9-35(28)40-37)19-30(33)27-15-11-26(22-34(27)39)25-14-18-38-32(21-25)29-8-4-6-10-36(29)41-38/h3-22H,1-2H3. The Morgan fingerprint density at radius 2 is 0.878 bits per heavy atom. The lowest BCUT2D eigenvalue weighted by Crippen LogP contribution is -2.15. The van der Waals surface area contributed by atoms with Crippen LogP contribution in [0.2, 0.25) is 0 Å². The summed E-state index contributed by atoms with van der Waals surface area (Å²) in [4.78, 5) is 0. The quantitative estimate of drug-likeness (QED) is 0.224. The molecule has 0 fully saturated rings. The minimum absolute atomic E-state index is 0.0869. The summed E-state index contributed by atoms with van der Waals surface area (Å²) in [6, 6.07) is 43.6. The maximum atomic E-state index is 6.08. The first-order valence-electron chi connectivity index (χ1n) is 14.2. The second kappa shape index (κ2) is 7.99. The zero-order valence-electron chi connectivity index (χ0n) is 22.9. The van der Waals surface area contributed by atoms with Gasteiger partial charge in [0.25, 0.3) is 0 Å². The van der Waals surface area contributed by atoms with Crippen molar-refractivity contribution < 1.29 is 8.83 Å². The van der Waals surface area contributed by atoms with Crippen LogP contribution in [0, 0.1) is 0 Å². The molecule has 41 heavy (non-hydrogen) atoms. The second-order valence-corrected chi connectivity index (χ2v) is 11.8. The van der Waals surface area contributed by atoms with Crippen LogP contribution < -0.4 is 0 Å². The molecular weight excluding hydrogens is 500 g/mol. The van der Waals surface area contributed by atoms with Crippen LogP contribution in [0.15, 0.2) is 130 Å². The molecule has 0 saturated carbocycles. The van der Waals surface area contributed by atoms with Gasteiger partial charge in [0.05, 0.1) is 0 Å². The van der Waals surface area contributed by atoms with Gasteiger partial charge >= 0.3 is 0 Å². The van der Waals surface area contributed by atoms with E-state index >= 15 is 0 Å². The van der Waals surface area contributed by atoms with Crippen molar-refractivity contribution in [1.29, 1.82) is 0 Å². The Balaban J connectivity index is 1.16. The van der Waals surface area contributed by atoms with Crippen LogP contribution in [0.5, 0.6) is 0 Å². The lowest BCUT2D eigenvalue weighted by Gasteiger charge is -2.22. The minimum atomic E-state index is -0.0869. The summed E-state index contributed by atoms with van der Waals surface area (Å²) in [6.45, 7) is 4.69. The van der Waals surface area contributed by atoms with E-state index in [0.29, 0.717) is 0 Å². The van der Waals surface area contributed by atoms with Crippen LogP contribution in [-0.4, -0.2) is 0 Å². The number of furan rings is 2. The van der Waals surface area contributed by atoms with E-state index in [-0.39, 0.29) is 5.41 Å². The van der Waals surface area contributed by atoms with E-state index in [2.05, 4.69) is 111 Å². The Morgan fingerprint density at radius 1 is 0.390 bits per heavy atom. The molecule has 6 aromatic carbocycles. The molecule has 2 heterocycles. The zero-order chi connectivity index (χ0) is 27.3. The van der Waals surface area contributed by atoms with Crippen molar-refractivity contribution in [3.05, 3.63) is 132 Å². The highest BCUT2D eigenvalue weighted by atomic mass is 16.3. The smallest absolute Gasteiger partial charge is 0.135 e. The first-order valence-corrected chi connectivity index (χ1v) is 14.2. The summed E-state index contributed by atoms with van der Waals surface area (Å²) in [5.41, 5.74) is 13.9. The SMILES string of the molecule is CC1(C)c2ccc(-c3ccc4oc5ccccc5c4c3)cc2-c2ccc(-c3ccc4oc5ccccc5c4c3)cc21. The van der Waals surface area contributed by atoms with E-state index in [1.54, 1.807) is 0 Å². The van der Waals surface area contributed by atoms with Gasteiger partial charge in [-0.25, -0.2) is 0 Å². The number of rotatable bonds is 2. The molecule has 0 saturated heterocycles. The van der Waals surface area contributed by atoms with Gasteiger partial charge in [0, 0.05) is 27.0 Å². The largest absolute Gasteiger partial charge is 0.456 e. The first kappa shape index (κ1) is 22.7. The van der Waals surface area contributed by atoms with E-state index in [9.17, 15) is 0 Å². The number of hydrogen-bond donors (Lipinski definition) is 0. The van der Waals surface area contributed by atoms with Gasteiger partial charge in [-0.05, 0) is 93.0 Å². The first-order chi connectivity index (χ1) is 20.0. The summed E-state index contributed by atoms with van der Waals surface area (Å²) in [5.74, 6) is 0. The second-order valence-electron chi connectivity index (χ2n) is 11.8. The molecular formula is C39H26O2. The lowest BCUT2D eigenvalue weighted by atomic mass is 9.81. The van der Waals surface area contributed by atoms with Crippen LogP contribution in [-0.2, 0) is 5.41 Å². The molecule has 2 nitrogen and oxygen atoms in total. The van der Waals surface area contributed by atoms with Crippen LogP contribution in [0.4, 0.5) is 0 Å². The fourth-order valence-corrected chi connectivity index (χ4v) is 6.92. The predicted molar refractivity (Wildman–Crippen MR) is 169 cm³/mol. The Morgan fingerprint density at radius 3 is 1.51 bits per heavy atom. The van der Waals surface area contributed by atoms with E-state index < -0.39 is 0 Å². The summed E-state index contributed by atoms with van der Waals surface area (Å²) in [6.07, 6.45) is 0. The molecule has 0 bridgehead atoms. The van der Waals surface area contributed by atoms with E-state index in [4.69, 9.17) is 8.83 Å². The molecule has 2 aromatic heterocycles. The van der Waals surface area contributed by atoms with E-state index in [0.717, 1.165) is 43.9 Å². The molecule has 1 aliphatic rings. The van der Waals surface area contributed by atoms with Crippen molar-refractivity contribution in [2.24, 2.45) is 0 Å². The van der Waals surface area contributed by atoms with Crippen molar-refractivity contribution >= 4 is 43.9 Å². The summed E-state index contributed by atoms with van der Waals surface area (Å²) < 4.78 is 12.1. The van der Waals surface area contributed by atoms with Gasteiger partial charge in [-0.3, -0.25) is 0 Å². The number of hydrogen-bond acceptors (Lipinski definition) is 2. The number of fused-ring (bicyclic) bond motifs is 9. The molecule has 0 amide bonds. The molecule has 0 unspecified atom stereocenters. The third-order valence-electron chi connectivity index (χ3n) is 9.10. The molecule has 0 radical (unpaired) electrons. The minimum Gasteiger partial charge on any atom is -0.456 e. The fourth-order valence-electron chi connectivity index (χ4n) is 6.92. The predicted octanol–water partition coefficient (Wildman–Crippen LogP) is 11.1.